The van der Waals surface area contributed by atoms with Crippen molar-refractivity contribution in [1.29, 1.82) is 0 Å². The van der Waals surface area contributed by atoms with Crippen molar-refractivity contribution in [3.63, 3.8) is 0 Å². The maximum absolute atomic E-state index is 12.1. The Morgan fingerprint density at radius 2 is 2.28 bits per heavy atom. The van der Waals surface area contributed by atoms with Crippen LogP contribution in [0, 0.1) is 5.92 Å². The molecule has 0 saturated carbocycles. The quantitative estimate of drug-likeness (QED) is 0.775. The number of carbonyl (C=O) groups is 1. The molecule has 0 aliphatic carbocycles. The van der Waals surface area contributed by atoms with Crippen LogP contribution in [0.3, 0.4) is 0 Å². The zero-order valence-electron chi connectivity index (χ0n) is 11.0. The minimum atomic E-state index is -0.416. The molecule has 1 rings (SSSR count). The standard InChI is InChI=1S/C12H20N4OS/c1-4-5-9(11(13)18)12(17)15-10-6-7-14-16(10)8(2)3/h6-9H,4-5H2,1-3H3,(H2,13,18)(H,15,17). The van der Waals surface area contributed by atoms with Crippen LogP contribution in [-0.4, -0.2) is 20.7 Å². The number of aromatic nitrogens is 2. The maximum Gasteiger partial charge on any atom is 0.235 e. The van der Waals surface area contributed by atoms with Crippen LogP contribution in [0.1, 0.15) is 39.7 Å². The summed E-state index contributed by atoms with van der Waals surface area (Å²) in [6.45, 7) is 6.00. The molecule has 1 amide bonds. The van der Waals surface area contributed by atoms with Crippen molar-refractivity contribution in [3.05, 3.63) is 12.3 Å². The fourth-order valence-corrected chi connectivity index (χ4v) is 1.95. The second kappa shape index (κ2) is 6.49. The Hall–Kier alpha value is -1.43. The molecule has 1 atom stereocenters. The third kappa shape index (κ3) is 3.53. The number of hydrogen-bond acceptors (Lipinski definition) is 3. The molecule has 0 fully saturated rings. The van der Waals surface area contributed by atoms with Gasteiger partial charge in [0.1, 0.15) is 5.82 Å². The molecule has 0 aliphatic heterocycles. The van der Waals surface area contributed by atoms with Crippen molar-refractivity contribution in [2.45, 2.75) is 39.7 Å². The molecule has 0 saturated heterocycles. The van der Waals surface area contributed by atoms with E-state index < -0.39 is 5.92 Å². The van der Waals surface area contributed by atoms with Gasteiger partial charge in [-0.1, -0.05) is 25.6 Å². The summed E-state index contributed by atoms with van der Waals surface area (Å²) in [4.78, 5) is 12.3. The van der Waals surface area contributed by atoms with Crippen LogP contribution >= 0.6 is 12.2 Å². The van der Waals surface area contributed by atoms with Gasteiger partial charge in [-0.15, -0.1) is 0 Å². The number of nitrogens with two attached hydrogens (primary N) is 1. The lowest BCUT2D eigenvalue weighted by Crippen LogP contribution is -2.33. The van der Waals surface area contributed by atoms with Crippen LogP contribution in [0.2, 0.25) is 0 Å². The number of thiocarbonyl (C=S) groups is 1. The summed E-state index contributed by atoms with van der Waals surface area (Å²) in [6, 6.07) is 1.95. The fourth-order valence-electron chi connectivity index (χ4n) is 1.73. The molecule has 100 valence electrons. The topological polar surface area (TPSA) is 72.9 Å². The van der Waals surface area contributed by atoms with E-state index in [-0.39, 0.29) is 16.9 Å². The third-order valence-electron chi connectivity index (χ3n) is 2.65. The number of carbonyl (C=O) groups excluding carboxylic acids is 1. The molecule has 0 aliphatic rings. The number of nitrogens with zero attached hydrogens (tertiary/aromatic N) is 2. The zero-order chi connectivity index (χ0) is 13.7. The lowest BCUT2D eigenvalue weighted by molar-refractivity contribution is -0.118. The average Bonchev–Trinajstić information content (AvgIpc) is 2.73. The van der Waals surface area contributed by atoms with Gasteiger partial charge in [-0.3, -0.25) is 4.79 Å². The van der Waals surface area contributed by atoms with E-state index >= 15 is 0 Å². The number of anilines is 1. The Morgan fingerprint density at radius 3 is 2.78 bits per heavy atom. The summed E-state index contributed by atoms with van der Waals surface area (Å²) in [5.74, 6) is 0.0969. The molecule has 0 bridgehead atoms. The van der Waals surface area contributed by atoms with Crippen LogP contribution in [0.4, 0.5) is 5.82 Å². The van der Waals surface area contributed by atoms with Crippen molar-refractivity contribution in [2.75, 3.05) is 5.32 Å². The van der Waals surface area contributed by atoms with Gasteiger partial charge < -0.3 is 11.1 Å². The second-order valence-corrected chi connectivity index (χ2v) is 4.96. The lowest BCUT2D eigenvalue weighted by atomic mass is 10.0. The Morgan fingerprint density at radius 1 is 1.61 bits per heavy atom. The van der Waals surface area contributed by atoms with Crippen molar-refractivity contribution in [1.82, 2.24) is 9.78 Å². The van der Waals surface area contributed by atoms with E-state index in [1.807, 2.05) is 20.8 Å². The van der Waals surface area contributed by atoms with Crippen LogP contribution < -0.4 is 11.1 Å². The molecule has 1 unspecified atom stereocenters. The van der Waals surface area contributed by atoms with Crippen molar-refractivity contribution < 1.29 is 4.79 Å². The molecular formula is C12H20N4OS. The molecule has 3 N–H and O–H groups in total. The number of nitrogens with one attached hydrogen (secondary N) is 1. The minimum absolute atomic E-state index is 0.160. The molecular weight excluding hydrogens is 248 g/mol. The van der Waals surface area contributed by atoms with E-state index in [0.717, 1.165) is 6.42 Å². The van der Waals surface area contributed by atoms with E-state index in [2.05, 4.69) is 10.4 Å². The monoisotopic (exact) mass is 268 g/mol. The van der Waals surface area contributed by atoms with Gasteiger partial charge in [-0.2, -0.15) is 5.10 Å². The summed E-state index contributed by atoms with van der Waals surface area (Å²) < 4.78 is 1.75. The van der Waals surface area contributed by atoms with E-state index in [1.54, 1.807) is 16.9 Å². The molecule has 5 nitrogen and oxygen atoms in total. The van der Waals surface area contributed by atoms with Gasteiger partial charge in [0.2, 0.25) is 5.91 Å². The van der Waals surface area contributed by atoms with Gasteiger partial charge in [0, 0.05) is 12.1 Å². The minimum Gasteiger partial charge on any atom is -0.393 e. The highest BCUT2D eigenvalue weighted by Crippen LogP contribution is 2.16. The third-order valence-corrected chi connectivity index (χ3v) is 2.93. The first-order chi connectivity index (χ1) is 8.47. The molecule has 18 heavy (non-hydrogen) atoms. The lowest BCUT2D eigenvalue weighted by Gasteiger charge is -2.16. The van der Waals surface area contributed by atoms with Gasteiger partial charge in [0.25, 0.3) is 0 Å². The van der Waals surface area contributed by atoms with Gasteiger partial charge in [-0.25, -0.2) is 4.68 Å². The first-order valence-electron chi connectivity index (χ1n) is 6.11. The van der Waals surface area contributed by atoms with Gasteiger partial charge in [-0.05, 0) is 20.3 Å². The SMILES string of the molecule is CCCC(C(=O)Nc1ccnn1C(C)C)C(N)=S. The molecule has 1 aromatic heterocycles. The van der Waals surface area contributed by atoms with Crippen molar-refractivity contribution >= 4 is 28.9 Å². The van der Waals surface area contributed by atoms with Crippen LogP contribution in [0.25, 0.3) is 0 Å². The van der Waals surface area contributed by atoms with E-state index in [4.69, 9.17) is 18.0 Å². The highest BCUT2D eigenvalue weighted by molar-refractivity contribution is 7.80. The van der Waals surface area contributed by atoms with Crippen LogP contribution in [0.5, 0.6) is 0 Å². The Kier molecular flexibility index (Phi) is 5.27. The van der Waals surface area contributed by atoms with E-state index in [1.165, 1.54) is 0 Å². The van der Waals surface area contributed by atoms with Crippen LogP contribution in [0.15, 0.2) is 12.3 Å². The predicted octanol–water partition coefficient (Wildman–Crippen LogP) is 2.10. The molecule has 0 radical (unpaired) electrons. The van der Waals surface area contributed by atoms with E-state index in [0.29, 0.717) is 12.2 Å². The number of rotatable bonds is 6. The summed E-state index contributed by atoms with van der Waals surface area (Å²) in [5, 5.41) is 6.99. The summed E-state index contributed by atoms with van der Waals surface area (Å²) >= 11 is 4.93. The highest BCUT2D eigenvalue weighted by atomic mass is 32.1. The highest BCUT2D eigenvalue weighted by Gasteiger charge is 2.21. The Balaban J connectivity index is 2.79. The largest absolute Gasteiger partial charge is 0.393 e. The molecule has 6 heteroatoms. The van der Waals surface area contributed by atoms with E-state index in [9.17, 15) is 4.79 Å². The predicted molar refractivity (Wildman–Crippen MR) is 76.4 cm³/mol. The summed E-state index contributed by atoms with van der Waals surface area (Å²) in [5.41, 5.74) is 5.60. The number of hydrogen-bond donors (Lipinski definition) is 2. The normalized spacial score (nSPS) is 12.4. The Bertz CT molecular complexity index is 427. The first-order valence-corrected chi connectivity index (χ1v) is 6.51. The molecule has 1 aromatic rings. The van der Waals surface area contributed by atoms with Gasteiger partial charge in [0.15, 0.2) is 0 Å². The van der Waals surface area contributed by atoms with Crippen molar-refractivity contribution in [3.8, 4) is 0 Å². The second-order valence-electron chi connectivity index (χ2n) is 4.49. The van der Waals surface area contributed by atoms with Crippen molar-refractivity contribution in [2.24, 2.45) is 11.7 Å². The zero-order valence-corrected chi connectivity index (χ0v) is 11.8. The smallest absolute Gasteiger partial charge is 0.235 e. The number of amides is 1. The molecule has 0 spiro atoms. The molecule has 0 aromatic carbocycles. The maximum atomic E-state index is 12.1. The summed E-state index contributed by atoms with van der Waals surface area (Å²) in [6.07, 6.45) is 3.18. The van der Waals surface area contributed by atoms with Crippen LogP contribution in [-0.2, 0) is 4.79 Å². The van der Waals surface area contributed by atoms with Gasteiger partial charge in [0.05, 0.1) is 17.1 Å². The fraction of sp³-hybridized carbons (Fsp3) is 0.583. The Labute approximate surface area is 113 Å². The summed E-state index contributed by atoms with van der Waals surface area (Å²) in [7, 11) is 0. The molecule has 1 heterocycles. The van der Waals surface area contributed by atoms with Gasteiger partial charge >= 0.3 is 0 Å². The first kappa shape index (κ1) is 14.6. The average molecular weight is 268 g/mol.